The fourth-order valence-corrected chi connectivity index (χ4v) is 5.05. The smallest absolute Gasteiger partial charge is 0.251 e. The Labute approximate surface area is 182 Å². The Morgan fingerprint density at radius 3 is 2.70 bits per heavy atom. The van der Waals surface area contributed by atoms with Crippen LogP contribution in [0.4, 0.5) is 5.13 Å². The Balaban J connectivity index is 1.28. The summed E-state index contributed by atoms with van der Waals surface area (Å²) in [6.45, 7) is 11.7. The van der Waals surface area contributed by atoms with Crippen molar-refractivity contribution in [1.29, 1.82) is 0 Å². The van der Waals surface area contributed by atoms with Gasteiger partial charge < -0.3 is 10.2 Å². The molecule has 1 saturated heterocycles. The van der Waals surface area contributed by atoms with Gasteiger partial charge in [0.1, 0.15) is 0 Å². The molecule has 1 aliphatic heterocycles. The normalized spacial score (nSPS) is 15.0. The lowest BCUT2D eigenvalue weighted by atomic mass is 10.1. The number of carbonyl (C=O) groups is 1. The largest absolute Gasteiger partial charge is 0.351 e. The fraction of sp³-hybridized carbons (Fsp3) is 0.417. The van der Waals surface area contributed by atoms with Gasteiger partial charge in [0.05, 0.1) is 10.2 Å². The first-order chi connectivity index (χ1) is 14.5. The minimum absolute atomic E-state index is 0.0241. The highest BCUT2D eigenvalue weighted by Crippen LogP contribution is 2.31. The van der Waals surface area contributed by atoms with Gasteiger partial charge in [-0.3, -0.25) is 9.69 Å². The SMILES string of the molecule is CCc1cccc2sc(N3CCN(CCNC(=O)c4cc(C)ccc4C)CC3)nc12. The van der Waals surface area contributed by atoms with Crippen LogP contribution in [0.5, 0.6) is 0 Å². The van der Waals surface area contributed by atoms with Crippen molar-refractivity contribution in [2.45, 2.75) is 27.2 Å². The molecule has 2 heterocycles. The third kappa shape index (κ3) is 4.50. The average Bonchev–Trinajstić information content (AvgIpc) is 3.20. The summed E-state index contributed by atoms with van der Waals surface area (Å²) in [6, 6.07) is 12.5. The first kappa shape index (κ1) is 20.8. The number of hydrogen-bond acceptors (Lipinski definition) is 5. The minimum atomic E-state index is 0.0241. The number of nitrogens with zero attached hydrogens (tertiary/aromatic N) is 3. The van der Waals surface area contributed by atoms with E-state index in [0.29, 0.717) is 6.54 Å². The summed E-state index contributed by atoms with van der Waals surface area (Å²) < 4.78 is 1.28. The van der Waals surface area contributed by atoms with Crippen molar-refractivity contribution in [3.05, 3.63) is 58.7 Å². The summed E-state index contributed by atoms with van der Waals surface area (Å²) in [5.41, 5.74) is 5.41. The van der Waals surface area contributed by atoms with Crippen LogP contribution >= 0.6 is 11.3 Å². The third-order valence-electron chi connectivity index (χ3n) is 5.87. The molecule has 5 nitrogen and oxygen atoms in total. The second-order valence-electron chi connectivity index (χ2n) is 8.02. The first-order valence-electron chi connectivity index (χ1n) is 10.8. The molecule has 0 unspecified atom stereocenters. The summed E-state index contributed by atoms with van der Waals surface area (Å²) >= 11 is 1.80. The monoisotopic (exact) mass is 422 g/mol. The lowest BCUT2D eigenvalue weighted by Crippen LogP contribution is -2.48. The van der Waals surface area contributed by atoms with E-state index >= 15 is 0 Å². The van der Waals surface area contributed by atoms with E-state index in [1.54, 1.807) is 11.3 Å². The number of piperazine rings is 1. The topological polar surface area (TPSA) is 48.5 Å². The number of thiazole rings is 1. The number of rotatable bonds is 6. The highest BCUT2D eigenvalue weighted by molar-refractivity contribution is 7.22. The van der Waals surface area contributed by atoms with Gasteiger partial charge in [0.2, 0.25) is 0 Å². The number of aryl methyl sites for hydroxylation is 3. The molecule has 30 heavy (non-hydrogen) atoms. The van der Waals surface area contributed by atoms with Crippen LogP contribution in [-0.2, 0) is 6.42 Å². The number of aromatic nitrogens is 1. The molecule has 158 valence electrons. The van der Waals surface area contributed by atoms with E-state index in [2.05, 4.69) is 40.2 Å². The van der Waals surface area contributed by atoms with E-state index in [4.69, 9.17) is 4.98 Å². The van der Waals surface area contributed by atoms with Gasteiger partial charge in [-0.2, -0.15) is 0 Å². The summed E-state index contributed by atoms with van der Waals surface area (Å²) in [6.07, 6.45) is 1.02. The Morgan fingerprint density at radius 1 is 1.13 bits per heavy atom. The van der Waals surface area contributed by atoms with Crippen LogP contribution in [0, 0.1) is 13.8 Å². The number of hydrogen-bond donors (Lipinski definition) is 1. The molecular formula is C24H30N4OS. The molecule has 1 amide bonds. The summed E-state index contributed by atoms with van der Waals surface area (Å²) in [4.78, 5) is 22.2. The maximum Gasteiger partial charge on any atom is 0.251 e. The maximum atomic E-state index is 12.5. The second kappa shape index (κ2) is 9.14. The number of amides is 1. The van der Waals surface area contributed by atoms with Crippen molar-refractivity contribution in [2.75, 3.05) is 44.2 Å². The number of para-hydroxylation sites is 1. The van der Waals surface area contributed by atoms with Gasteiger partial charge in [0.25, 0.3) is 5.91 Å². The first-order valence-corrected chi connectivity index (χ1v) is 11.6. The van der Waals surface area contributed by atoms with Crippen LogP contribution < -0.4 is 10.2 Å². The molecule has 0 saturated carbocycles. The van der Waals surface area contributed by atoms with E-state index < -0.39 is 0 Å². The second-order valence-corrected chi connectivity index (χ2v) is 9.03. The molecular weight excluding hydrogens is 392 g/mol. The van der Waals surface area contributed by atoms with Gasteiger partial charge in [-0.1, -0.05) is 48.1 Å². The van der Waals surface area contributed by atoms with Crippen LogP contribution in [0.1, 0.15) is 34.0 Å². The van der Waals surface area contributed by atoms with Crippen LogP contribution in [0.15, 0.2) is 36.4 Å². The molecule has 0 bridgehead atoms. The molecule has 4 rings (SSSR count). The molecule has 0 spiro atoms. The predicted octanol–water partition coefficient (Wildman–Crippen LogP) is 4.03. The molecule has 2 aromatic carbocycles. The van der Waals surface area contributed by atoms with Crippen molar-refractivity contribution in [1.82, 2.24) is 15.2 Å². The van der Waals surface area contributed by atoms with Gasteiger partial charge in [0, 0.05) is 44.8 Å². The molecule has 3 aromatic rings. The molecule has 0 aliphatic carbocycles. The van der Waals surface area contributed by atoms with Gasteiger partial charge >= 0.3 is 0 Å². The Kier molecular flexibility index (Phi) is 6.35. The van der Waals surface area contributed by atoms with Gasteiger partial charge in [-0.25, -0.2) is 4.98 Å². The quantitative estimate of drug-likeness (QED) is 0.652. The third-order valence-corrected chi connectivity index (χ3v) is 6.95. The van der Waals surface area contributed by atoms with Crippen LogP contribution in [0.3, 0.4) is 0 Å². The van der Waals surface area contributed by atoms with E-state index in [-0.39, 0.29) is 5.91 Å². The highest BCUT2D eigenvalue weighted by atomic mass is 32.1. The van der Waals surface area contributed by atoms with E-state index in [0.717, 1.165) is 66.5 Å². The lowest BCUT2D eigenvalue weighted by Gasteiger charge is -2.34. The molecule has 1 fully saturated rings. The van der Waals surface area contributed by atoms with Crippen molar-refractivity contribution in [3.63, 3.8) is 0 Å². The number of fused-ring (bicyclic) bond motifs is 1. The number of nitrogens with one attached hydrogen (secondary N) is 1. The van der Waals surface area contributed by atoms with E-state index in [1.165, 1.54) is 10.3 Å². The zero-order chi connectivity index (χ0) is 21.1. The fourth-order valence-electron chi connectivity index (χ4n) is 3.98. The van der Waals surface area contributed by atoms with Gasteiger partial charge in [-0.05, 0) is 43.5 Å². The molecule has 1 N–H and O–H groups in total. The Hall–Kier alpha value is -2.44. The maximum absolute atomic E-state index is 12.5. The number of carbonyl (C=O) groups excluding carboxylic acids is 1. The van der Waals surface area contributed by atoms with Crippen LogP contribution in [0.2, 0.25) is 0 Å². The Bertz CT molecular complexity index is 1040. The molecule has 0 radical (unpaired) electrons. The summed E-state index contributed by atoms with van der Waals surface area (Å²) in [5.74, 6) is 0.0241. The van der Waals surface area contributed by atoms with Crippen LogP contribution in [-0.4, -0.2) is 55.1 Å². The van der Waals surface area contributed by atoms with Crippen molar-refractivity contribution in [2.24, 2.45) is 0 Å². The zero-order valence-corrected chi connectivity index (χ0v) is 18.9. The average molecular weight is 423 g/mol. The van der Waals surface area contributed by atoms with Gasteiger partial charge in [-0.15, -0.1) is 0 Å². The molecule has 0 atom stereocenters. The lowest BCUT2D eigenvalue weighted by molar-refractivity contribution is 0.0947. The van der Waals surface area contributed by atoms with Gasteiger partial charge in [0.15, 0.2) is 5.13 Å². The minimum Gasteiger partial charge on any atom is -0.351 e. The molecule has 1 aromatic heterocycles. The van der Waals surface area contributed by atoms with Crippen molar-refractivity contribution in [3.8, 4) is 0 Å². The van der Waals surface area contributed by atoms with Crippen molar-refractivity contribution >= 4 is 32.6 Å². The predicted molar refractivity (Wildman–Crippen MR) is 126 cm³/mol. The highest BCUT2D eigenvalue weighted by Gasteiger charge is 2.20. The summed E-state index contributed by atoms with van der Waals surface area (Å²) in [5, 5.41) is 4.22. The molecule has 6 heteroatoms. The standard InChI is InChI=1S/C24H30N4OS/c1-4-19-6-5-7-21-22(19)26-24(30-21)28-14-12-27(13-15-28)11-10-25-23(29)20-16-17(2)8-9-18(20)3/h5-9,16H,4,10-15H2,1-3H3,(H,25,29). The zero-order valence-electron chi connectivity index (χ0n) is 18.1. The van der Waals surface area contributed by atoms with E-state index in [1.807, 2.05) is 32.0 Å². The van der Waals surface area contributed by atoms with Crippen molar-refractivity contribution < 1.29 is 4.79 Å². The van der Waals surface area contributed by atoms with E-state index in [9.17, 15) is 4.79 Å². The number of benzene rings is 2. The molecule has 1 aliphatic rings. The summed E-state index contributed by atoms with van der Waals surface area (Å²) in [7, 11) is 0. The number of anilines is 1. The Morgan fingerprint density at radius 2 is 1.93 bits per heavy atom. The van der Waals surface area contributed by atoms with Crippen LogP contribution in [0.25, 0.3) is 10.2 Å².